The van der Waals surface area contributed by atoms with E-state index in [1.807, 2.05) is 9.34 Å². The van der Waals surface area contributed by atoms with Gasteiger partial charge in [-0.25, -0.2) is 9.34 Å². The zero-order valence-electron chi connectivity index (χ0n) is 14.5. The van der Waals surface area contributed by atoms with Gasteiger partial charge in [0.15, 0.2) is 0 Å². The van der Waals surface area contributed by atoms with E-state index in [2.05, 4.69) is 15.4 Å². The second-order valence-corrected chi connectivity index (χ2v) is 8.36. The fourth-order valence-corrected chi connectivity index (χ4v) is 5.02. The fourth-order valence-electron chi connectivity index (χ4n) is 2.68. The number of benzene rings is 1. The van der Waals surface area contributed by atoms with Crippen LogP contribution in [-0.2, 0) is 9.09 Å². The van der Waals surface area contributed by atoms with Gasteiger partial charge in [0.1, 0.15) is 5.69 Å². The number of H-pyrrole nitrogens is 1. The molecule has 10 nitrogen and oxygen atoms in total. The molecule has 2 aliphatic rings. The van der Waals surface area contributed by atoms with E-state index in [9.17, 15) is 14.7 Å². The third kappa shape index (κ3) is 3.77. The molecule has 2 aromatic rings. The second-order valence-electron chi connectivity index (χ2n) is 6.03. The number of rotatable bonds is 7. The van der Waals surface area contributed by atoms with E-state index in [1.54, 1.807) is 19.1 Å². The Morgan fingerprint density at radius 1 is 1.31 bits per heavy atom. The Morgan fingerprint density at radius 3 is 2.46 bits per heavy atom. The normalized spacial score (nSPS) is 18.2. The molecule has 1 unspecified atom stereocenters. The van der Waals surface area contributed by atoms with Crippen LogP contribution < -0.4 is 29.6 Å². The van der Waals surface area contributed by atoms with E-state index >= 15 is 0 Å². The first-order chi connectivity index (χ1) is 12.0. The van der Waals surface area contributed by atoms with Crippen LogP contribution in [0.15, 0.2) is 24.4 Å². The number of hydrogen-bond donors (Lipinski definition) is 1. The zero-order chi connectivity index (χ0) is 17.6. The maximum absolute atomic E-state index is 13.1. The molecule has 1 aromatic carbocycles. The van der Waals surface area contributed by atoms with E-state index in [4.69, 9.17) is 4.52 Å². The van der Waals surface area contributed by atoms with Crippen LogP contribution in [0.3, 0.4) is 0 Å². The van der Waals surface area contributed by atoms with Crippen molar-refractivity contribution in [2.24, 2.45) is 0 Å². The molecule has 1 aromatic heterocycles. The van der Waals surface area contributed by atoms with Crippen LogP contribution in [0.25, 0.3) is 11.3 Å². The molecular weight excluding hydrogens is 370 g/mol. The summed E-state index contributed by atoms with van der Waals surface area (Å²) in [4.78, 5) is 10.8. The Bertz CT molecular complexity index is 839. The van der Waals surface area contributed by atoms with Gasteiger partial charge in [0.05, 0.1) is 22.8 Å². The molecule has 0 saturated carbocycles. The van der Waals surface area contributed by atoms with Gasteiger partial charge in [-0.05, 0) is 24.6 Å². The summed E-state index contributed by atoms with van der Waals surface area (Å²) >= 11 is 0. The SMILES string of the molecule is CC(OP(=O)(N1CC1)N1CC1)c1ccc([N+](=O)[O-])c(-c2cn[nH]n2)c1.[Na+]. The van der Waals surface area contributed by atoms with Crippen molar-refractivity contribution in [1.82, 2.24) is 24.8 Å². The van der Waals surface area contributed by atoms with Crippen molar-refractivity contribution in [3.63, 3.8) is 0 Å². The van der Waals surface area contributed by atoms with Crippen molar-refractivity contribution in [2.45, 2.75) is 13.0 Å². The predicted octanol–water partition coefficient (Wildman–Crippen LogP) is -0.799. The van der Waals surface area contributed by atoms with Crippen molar-refractivity contribution in [1.29, 1.82) is 0 Å². The van der Waals surface area contributed by atoms with Gasteiger partial charge in [-0.1, -0.05) is 0 Å². The van der Waals surface area contributed by atoms with Crippen LogP contribution in [0.4, 0.5) is 5.69 Å². The molecule has 1 N–H and O–H groups in total. The maximum atomic E-state index is 13.1. The number of aromatic nitrogens is 3. The van der Waals surface area contributed by atoms with E-state index in [1.165, 1.54) is 12.3 Å². The minimum absolute atomic E-state index is 0. The predicted molar refractivity (Wildman–Crippen MR) is 88.7 cm³/mol. The first-order valence-electron chi connectivity index (χ1n) is 7.93. The third-order valence-corrected chi connectivity index (χ3v) is 7.06. The average molecular weight is 387 g/mol. The second kappa shape index (κ2) is 7.47. The van der Waals surface area contributed by atoms with E-state index in [0.717, 1.165) is 26.2 Å². The molecule has 3 heterocycles. The molecule has 2 aliphatic heterocycles. The number of hydrogen-bond acceptors (Lipinski definition) is 6. The van der Waals surface area contributed by atoms with Gasteiger partial charge in [0.2, 0.25) is 0 Å². The number of nitro benzene ring substituents is 1. The van der Waals surface area contributed by atoms with Gasteiger partial charge in [-0.3, -0.25) is 19.2 Å². The minimum Gasteiger partial charge on any atom is -0.298 e. The van der Waals surface area contributed by atoms with Crippen molar-refractivity contribution in [3.05, 3.63) is 40.1 Å². The number of aromatic amines is 1. The molecule has 26 heavy (non-hydrogen) atoms. The van der Waals surface area contributed by atoms with Crippen LogP contribution in [0, 0.1) is 10.1 Å². The summed E-state index contributed by atoms with van der Waals surface area (Å²) in [5.41, 5.74) is 1.36. The Labute approximate surface area is 171 Å². The van der Waals surface area contributed by atoms with Gasteiger partial charge in [0, 0.05) is 32.2 Å². The van der Waals surface area contributed by atoms with Crippen LogP contribution in [0.5, 0.6) is 0 Å². The largest absolute Gasteiger partial charge is 1.00 e. The topological polar surface area (TPSA) is 117 Å². The van der Waals surface area contributed by atoms with E-state index < -0.39 is 18.7 Å². The molecule has 0 spiro atoms. The van der Waals surface area contributed by atoms with Crippen molar-refractivity contribution in [2.75, 3.05) is 26.2 Å². The van der Waals surface area contributed by atoms with Gasteiger partial charge >= 0.3 is 37.2 Å². The first-order valence-corrected chi connectivity index (χ1v) is 9.46. The van der Waals surface area contributed by atoms with Gasteiger partial charge in [-0.2, -0.15) is 15.4 Å². The minimum atomic E-state index is -2.97. The fraction of sp³-hybridized carbons (Fsp3) is 0.429. The van der Waals surface area contributed by atoms with Gasteiger partial charge in [0.25, 0.3) is 5.69 Å². The summed E-state index contributed by atoms with van der Waals surface area (Å²) in [6.45, 7) is 4.87. The van der Waals surface area contributed by atoms with Gasteiger partial charge in [-0.15, -0.1) is 0 Å². The molecule has 0 bridgehead atoms. The Kier molecular flexibility index (Phi) is 5.64. The summed E-state index contributed by atoms with van der Waals surface area (Å²) in [6.07, 6.45) is 0.951. The summed E-state index contributed by atoms with van der Waals surface area (Å²) in [6, 6.07) is 4.69. The molecule has 0 radical (unpaired) electrons. The first kappa shape index (κ1) is 19.6. The van der Waals surface area contributed by atoms with E-state index in [0.29, 0.717) is 16.8 Å². The Balaban J connectivity index is 0.00000196. The summed E-state index contributed by atoms with van der Waals surface area (Å²) in [7, 11) is -2.97. The van der Waals surface area contributed by atoms with Crippen molar-refractivity contribution < 1.29 is 43.6 Å². The summed E-state index contributed by atoms with van der Waals surface area (Å²) < 4.78 is 22.7. The number of nitro groups is 1. The Hall–Kier alpha value is -1.13. The van der Waals surface area contributed by atoms with Crippen LogP contribution in [-0.4, -0.2) is 55.9 Å². The number of nitrogens with zero attached hydrogens (tertiary/aromatic N) is 5. The standard InChI is InChI=1S/C14H17N6O4P.Na/c1-10(24-25(23,18-4-5-18)19-6-7-19)11-2-3-14(20(21)22)12(8-11)13-9-15-17-16-13;/h2-3,8-10H,4-7H2,1H3,(H,15,16,17);/q;+1. The molecule has 4 rings (SSSR count). The smallest absolute Gasteiger partial charge is 0.298 e. The van der Waals surface area contributed by atoms with Crippen LogP contribution >= 0.6 is 7.67 Å². The molecular formula is C14H17N6NaO4P+. The third-order valence-electron chi connectivity index (χ3n) is 4.24. The molecule has 2 fully saturated rings. The molecule has 1 atom stereocenters. The average Bonchev–Trinajstić information content (AvgIpc) is 3.51. The quantitative estimate of drug-likeness (QED) is 0.216. The summed E-state index contributed by atoms with van der Waals surface area (Å²) in [5.74, 6) is 0. The van der Waals surface area contributed by atoms with Gasteiger partial charge < -0.3 is 0 Å². The van der Waals surface area contributed by atoms with Crippen LogP contribution in [0.2, 0.25) is 0 Å². The zero-order valence-corrected chi connectivity index (χ0v) is 17.4. The molecule has 0 amide bonds. The van der Waals surface area contributed by atoms with E-state index in [-0.39, 0.29) is 35.2 Å². The van der Waals surface area contributed by atoms with Crippen molar-refractivity contribution >= 4 is 13.4 Å². The monoisotopic (exact) mass is 387 g/mol. The Morgan fingerprint density at radius 2 is 1.96 bits per heavy atom. The molecule has 12 heteroatoms. The summed E-state index contributed by atoms with van der Waals surface area (Å²) in [5, 5.41) is 21.4. The molecule has 0 aliphatic carbocycles. The van der Waals surface area contributed by atoms with Crippen LogP contribution in [0.1, 0.15) is 18.6 Å². The molecule has 2 saturated heterocycles. The number of nitrogens with one attached hydrogen (secondary N) is 1. The van der Waals surface area contributed by atoms with Crippen molar-refractivity contribution in [3.8, 4) is 11.3 Å². The maximum Gasteiger partial charge on any atom is 1.00 e. The molecule has 132 valence electrons.